The van der Waals surface area contributed by atoms with Gasteiger partial charge in [0.2, 0.25) is 0 Å². The van der Waals surface area contributed by atoms with Crippen LogP contribution in [0, 0.1) is 0 Å². The van der Waals surface area contributed by atoms with Crippen molar-refractivity contribution in [2.24, 2.45) is 0 Å². The fraction of sp³-hybridized carbons (Fsp3) is 0.667. The van der Waals surface area contributed by atoms with Gasteiger partial charge in [-0.3, -0.25) is 0 Å². The van der Waals surface area contributed by atoms with Gasteiger partial charge >= 0.3 is 70.2 Å². The van der Waals surface area contributed by atoms with Gasteiger partial charge in [0.05, 0.1) is 0 Å². The molecule has 0 aromatic carbocycles. The zero-order valence-corrected chi connectivity index (χ0v) is 10.1. The molecule has 0 fully saturated rings. The molecule has 0 spiro atoms. The van der Waals surface area contributed by atoms with Crippen LogP contribution < -0.4 is 0 Å². The number of carboxylic acids is 2. The first kappa shape index (κ1) is 18.8. The van der Waals surface area contributed by atoms with Crippen LogP contribution >= 0.6 is 24.8 Å². The molecule has 4 nitrogen and oxygen atoms in total. The van der Waals surface area contributed by atoms with Crippen molar-refractivity contribution in [2.45, 2.75) is 23.5 Å². The van der Waals surface area contributed by atoms with E-state index < -0.39 is 11.9 Å². The molecule has 0 heterocycles. The molecular weight excluding hydrogens is 286 g/mol. The minimum absolute atomic E-state index is 0. The fourth-order valence-corrected chi connectivity index (χ4v) is 2.19. The quantitative estimate of drug-likeness (QED) is 0.573. The Balaban J connectivity index is -0.000000500. The SMILES string of the molecule is Cl.Cl.O=C(O)CC[Se]CCC(=O)O. The van der Waals surface area contributed by atoms with E-state index in [0.29, 0.717) is 10.6 Å². The molecule has 0 bridgehead atoms. The Bertz CT molecular complexity index is 138. The molecule has 2 N–H and O–H groups in total. The molecule has 0 aliphatic rings. The van der Waals surface area contributed by atoms with E-state index in [-0.39, 0.29) is 52.6 Å². The summed E-state index contributed by atoms with van der Waals surface area (Å²) in [5.74, 6) is -1.61. The van der Waals surface area contributed by atoms with Gasteiger partial charge in [-0.15, -0.1) is 24.8 Å². The molecule has 0 aliphatic carbocycles. The number of carboxylic acid groups (broad SMARTS) is 2. The second-order valence-corrected chi connectivity index (χ2v) is 4.47. The summed E-state index contributed by atoms with van der Waals surface area (Å²) >= 11 is 0.177. The summed E-state index contributed by atoms with van der Waals surface area (Å²) in [5.41, 5.74) is 0. The van der Waals surface area contributed by atoms with Gasteiger partial charge in [0, 0.05) is 0 Å². The Morgan fingerprint density at radius 1 is 0.923 bits per heavy atom. The number of halogens is 2. The van der Waals surface area contributed by atoms with Gasteiger partial charge in [-0.25, -0.2) is 0 Å². The standard InChI is InChI=1S/C6H10O4Se.2ClH/c7-5(8)1-3-11-4-2-6(9)10;;/h1-4H2,(H,7,8)(H,9,10);2*1H. The average molecular weight is 298 g/mol. The van der Waals surface area contributed by atoms with Crippen molar-refractivity contribution in [1.29, 1.82) is 0 Å². The molecule has 0 rings (SSSR count). The first-order valence-electron chi connectivity index (χ1n) is 3.14. The Hall–Kier alpha value is 0.0395. The molecule has 0 saturated heterocycles. The molecule has 0 radical (unpaired) electrons. The van der Waals surface area contributed by atoms with Crippen LogP contribution in [-0.4, -0.2) is 37.1 Å². The summed E-state index contributed by atoms with van der Waals surface area (Å²) < 4.78 is 0. The van der Waals surface area contributed by atoms with Gasteiger partial charge in [0.25, 0.3) is 0 Å². The monoisotopic (exact) mass is 298 g/mol. The first-order chi connectivity index (χ1) is 5.13. The second-order valence-electron chi connectivity index (χ2n) is 1.90. The number of hydrogen-bond donors (Lipinski definition) is 2. The second kappa shape index (κ2) is 12.0. The Morgan fingerprint density at radius 3 is 1.46 bits per heavy atom. The van der Waals surface area contributed by atoms with Gasteiger partial charge in [-0.2, -0.15) is 0 Å². The Morgan fingerprint density at radius 2 is 1.23 bits per heavy atom. The van der Waals surface area contributed by atoms with Crippen molar-refractivity contribution < 1.29 is 19.8 Å². The number of hydrogen-bond acceptors (Lipinski definition) is 2. The molecule has 0 unspecified atom stereocenters. The minimum atomic E-state index is -0.804. The van der Waals surface area contributed by atoms with E-state index in [1.54, 1.807) is 0 Å². The van der Waals surface area contributed by atoms with Crippen LogP contribution in [0.3, 0.4) is 0 Å². The third-order valence-electron chi connectivity index (χ3n) is 0.921. The van der Waals surface area contributed by atoms with Gasteiger partial charge in [-0.1, -0.05) is 0 Å². The summed E-state index contributed by atoms with van der Waals surface area (Å²) in [6, 6.07) is 0. The molecule has 0 amide bonds. The van der Waals surface area contributed by atoms with Gasteiger partial charge in [0.15, 0.2) is 0 Å². The molecule has 0 atom stereocenters. The van der Waals surface area contributed by atoms with Crippen molar-refractivity contribution >= 4 is 51.7 Å². The van der Waals surface area contributed by atoms with E-state index in [4.69, 9.17) is 10.2 Å². The zero-order valence-electron chi connectivity index (χ0n) is 6.76. The number of carbonyl (C=O) groups is 2. The third-order valence-corrected chi connectivity index (χ3v) is 2.99. The summed E-state index contributed by atoms with van der Waals surface area (Å²) in [5, 5.41) is 17.7. The predicted octanol–water partition coefficient (Wildman–Crippen LogP) is 1.32. The number of rotatable bonds is 6. The molecule has 0 aromatic heterocycles. The van der Waals surface area contributed by atoms with E-state index in [1.165, 1.54) is 0 Å². The first-order valence-corrected chi connectivity index (χ1v) is 5.56. The summed E-state index contributed by atoms with van der Waals surface area (Å²) in [6.45, 7) is 0. The summed E-state index contributed by atoms with van der Waals surface area (Å²) in [6.07, 6.45) is 0.333. The van der Waals surface area contributed by atoms with E-state index >= 15 is 0 Å². The van der Waals surface area contributed by atoms with Crippen LogP contribution in [0.5, 0.6) is 0 Å². The van der Waals surface area contributed by atoms with Crippen LogP contribution in [0.2, 0.25) is 10.6 Å². The van der Waals surface area contributed by atoms with Crippen LogP contribution in [-0.2, 0) is 9.59 Å². The Kier molecular flexibility index (Phi) is 17.4. The third kappa shape index (κ3) is 18.8. The molecule has 0 aliphatic heterocycles. The Labute approximate surface area is 95.1 Å². The molecule has 0 saturated carbocycles. The maximum absolute atomic E-state index is 9.99. The van der Waals surface area contributed by atoms with Crippen molar-refractivity contribution in [1.82, 2.24) is 0 Å². The van der Waals surface area contributed by atoms with Crippen molar-refractivity contribution in [2.75, 3.05) is 0 Å². The van der Waals surface area contributed by atoms with Gasteiger partial charge < -0.3 is 0 Å². The fourth-order valence-electron chi connectivity index (χ4n) is 0.421. The molecular formula is C6H12Cl2O4Se. The number of aliphatic carboxylic acids is 2. The maximum atomic E-state index is 9.99. The molecule has 80 valence electrons. The topological polar surface area (TPSA) is 74.6 Å². The normalized spacial score (nSPS) is 8.00. The van der Waals surface area contributed by atoms with Crippen LogP contribution in [0.4, 0.5) is 0 Å². The summed E-state index contributed by atoms with van der Waals surface area (Å²) in [7, 11) is 0. The van der Waals surface area contributed by atoms with Crippen molar-refractivity contribution in [3.8, 4) is 0 Å². The van der Waals surface area contributed by atoms with E-state index in [1.807, 2.05) is 0 Å². The molecule has 0 aromatic rings. The molecule has 13 heavy (non-hydrogen) atoms. The van der Waals surface area contributed by atoms with Crippen molar-refractivity contribution in [3.05, 3.63) is 0 Å². The van der Waals surface area contributed by atoms with Crippen LogP contribution in [0.15, 0.2) is 0 Å². The van der Waals surface area contributed by atoms with E-state index in [0.717, 1.165) is 0 Å². The van der Waals surface area contributed by atoms with E-state index in [2.05, 4.69) is 0 Å². The van der Waals surface area contributed by atoms with E-state index in [9.17, 15) is 9.59 Å². The van der Waals surface area contributed by atoms with Gasteiger partial charge in [0.1, 0.15) is 0 Å². The average Bonchev–Trinajstić information content (AvgIpc) is 1.85. The molecule has 7 heteroatoms. The van der Waals surface area contributed by atoms with Crippen molar-refractivity contribution in [3.63, 3.8) is 0 Å². The van der Waals surface area contributed by atoms with Crippen LogP contribution in [0.25, 0.3) is 0 Å². The predicted molar refractivity (Wildman–Crippen MR) is 54.4 cm³/mol. The zero-order chi connectivity index (χ0) is 8.69. The van der Waals surface area contributed by atoms with Gasteiger partial charge in [-0.05, 0) is 0 Å². The van der Waals surface area contributed by atoms with Crippen LogP contribution in [0.1, 0.15) is 12.8 Å². The summed E-state index contributed by atoms with van der Waals surface area (Å²) in [4.78, 5) is 20.0.